The molecular formula is C20H20O4. The molecule has 0 bridgehead atoms. The molecule has 2 aromatic rings. The highest BCUT2D eigenvalue weighted by Gasteiger charge is 2.33. The number of benzene rings is 2. The smallest absolute Gasteiger partial charge is 0.181 e. The molecular weight excluding hydrogens is 304 g/mol. The largest absolute Gasteiger partial charge is 0.488 e. The molecule has 0 spiro atoms. The van der Waals surface area contributed by atoms with Crippen LogP contribution < -0.4 is 0 Å². The van der Waals surface area contributed by atoms with Crippen LogP contribution in [-0.2, 0) is 32.2 Å². The minimum atomic E-state index is -0.667. The van der Waals surface area contributed by atoms with Crippen molar-refractivity contribution in [3.63, 3.8) is 0 Å². The van der Waals surface area contributed by atoms with Crippen LogP contribution in [0.15, 0.2) is 73.0 Å². The zero-order valence-electron chi connectivity index (χ0n) is 13.3. The van der Waals surface area contributed by atoms with E-state index in [-0.39, 0.29) is 6.10 Å². The quantitative estimate of drug-likeness (QED) is 0.733. The molecule has 124 valence electrons. The van der Waals surface area contributed by atoms with E-state index in [9.17, 15) is 4.79 Å². The van der Waals surface area contributed by atoms with Crippen LogP contribution in [0.5, 0.6) is 0 Å². The molecule has 3 rings (SSSR count). The number of hydrogen-bond acceptors (Lipinski definition) is 4. The van der Waals surface area contributed by atoms with Gasteiger partial charge in [0.15, 0.2) is 12.4 Å². The first-order chi connectivity index (χ1) is 11.9. The number of aldehydes is 1. The maximum absolute atomic E-state index is 11.3. The molecule has 0 fully saturated rings. The predicted molar refractivity (Wildman–Crippen MR) is 90.1 cm³/mol. The fourth-order valence-corrected chi connectivity index (χ4v) is 2.57. The number of ether oxygens (including phenoxy) is 3. The van der Waals surface area contributed by atoms with Gasteiger partial charge in [0.2, 0.25) is 0 Å². The van der Waals surface area contributed by atoms with Crippen molar-refractivity contribution < 1.29 is 19.0 Å². The van der Waals surface area contributed by atoms with Gasteiger partial charge < -0.3 is 14.2 Å². The molecule has 2 aromatic carbocycles. The molecule has 3 atom stereocenters. The van der Waals surface area contributed by atoms with Crippen molar-refractivity contribution in [2.24, 2.45) is 0 Å². The molecule has 1 aliphatic rings. The molecule has 1 aliphatic heterocycles. The molecule has 0 aromatic heterocycles. The van der Waals surface area contributed by atoms with Crippen molar-refractivity contribution in [1.29, 1.82) is 0 Å². The third-order valence-electron chi connectivity index (χ3n) is 3.86. The van der Waals surface area contributed by atoms with Crippen molar-refractivity contribution >= 4 is 6.29 Å². The molecule has 4 heteroatoms. The van der Waals surface area contributed by atoms with Gasteiger partial charge in [-0.05, 0) is 17.2 Å². The Morgan fingerprint density at radius 1 is 0.875 bits per heavy atom. The van der Waals surface area contributed by atoms with E-state index in [1.807, 2.05) is 60.7 Å². The number of hydrogen-bond donors (Lipinski definition) is 0. The highest BCUT2D eigenvalue weighted by atomic mass is 16.6. The monoisotopic (exact) mass is 324 g/mol. The highest BCUT2D eigenvalue weighted by Crippen LogP contribution is 2.20. The normalized spacial score (nSPS) is 22.8. The topological polar surface area (TPSA) is 44.8 Å². The Hall–Kier alpha value is -2.43. The number of carbonyl (C=O) groups excluding carboxylic acids is 1. The first-order valence-electron chi connectivity index (χ1n) is 7.95. The molecule has 0 aliphatic carbocycles. The van der Waals surface area contributed by atoms with Gasteiger partial charge in [-0.25, -0.2) is 0 Å². The minimum Gasteiger partial charge on any atom is -0.488 e. The van der Waals surface area contributed by atoms with Gasteiger partial charge in [-0.2, -0.15) is 0 Å². The SMILES string of the molecule is O=CC1OC=CC(OCc2ccccc2)C1OCc1ccccc1. The van der Waals surface area contributed by atoms with Gasteiger partial charge in [0.1, 0.15) is 12.2 Å². The zero-order valence-corrected chi connectivity index (χ0v) is 13.3. The lowest BCUT2D eigenvalue weighted by Crippen LogP contribution is -2.44. The van der Waals surface area contributed by atoms with Crippen molar-refractivity contribution in [3.05, 3.63) is 84.1 Å². The molecule has 24 heavy (non-hydrogen) atoms. The highest BCUT2D eigenvalue weighted by molar-refractivity contribution is 5.58. The van der Waals surface area contributed by atoms with Crippen molar-refractivity contribution in [1.82, 2.24) is 0 Å². The summed E-state index contributed by atoms with van der Waals surface area (Å²) in [5, 5.41) is 0. The van der Waals surface area contributed by atoms with Gasteiger partial charge >= 0.3 is 0 Å². The summed E-state index contributed by atoms with van der Waals surface area (Å²) in [6.45, 7) is 0.852. The number of carbonyl (C=O) groups is 1. The van der Waals surface area contributed by atoms with Crippen LogP contribution in [0, 0.1) is 0 Å². The summed E-state index contributed by atoms with van der Waals surface area (Å²) in [5.41, 5.74) is 2.11. The molecule has 0 saturated carbocycles. The summed E-state index contributed by atoms with van der Waals surface area (Å²) < 4.78 is 17.2. The van der Waals surface area contributed by atoms with Crippen molar-refractivity contribution in [3.8, 4) is 0 Å². The van der Waals surface area contributed by atoms with E-state index in [4.69, 9.17) is 14.2 Å². The van der Waals surface area contributed by atoms with Crippen LogP contribution in [0.4, 0.5) is 0 Å². The van der Waals surface area contributed by atoms with Crippen LogP contribution in [0.2, 0.25) is 0 Å². The fourth-order valence-electron chi connectivity index (χ4n) is 2.57. The fraction of sp³-hybridized carbons (Fsp3) is 0.250. The zero-order chi connectivity index (χ0) is 16.6. The second-order valence-corrected chi connectivity index (χ2v) is 5.59. The maximum Gasteiger partial charge on any atom is 0.181 e. The Labute approximate surface area is 141 Å². The van der Waals surface area contributed by atoms with Gasteiger partial charge in [0.05, 0.1) is 19.5 Å². The van der Waals surface area contributed by atoms with E-state index < -0.39 is 12.2 Å². The lowest BCUT2D eigenvalue weighted by Gasteiger charge is -2.32. The predicted octanol–water partition coefficient (Wildman–Crippen LogP) is 3.27. The second kappa shape index (κ2) is 8.43. The average molecular weight is 324 g/mol. The van der Waals surface area contributed by atoms with Crippen LogP contribution in [-0.4, -0.2) is 24.6 Å². The first kappa shape index (κ1) is 16.4. The van der Waals surface area contributed by atoms with E-state index >= 15 is 0 Å². The standard InChI is InChI=1S/C20H20O4/c21-13-19-20(24-15-17-9-5-2-6-10-17)18(11-12-22-19)23-14-16-7-3-1-4-8-16/h1-13,18-20H,14-15H2. The molecule has 0 radical (unpaired) electrons. The average Bonchev–Trinajstić information content (AvgIpc) is 2.66. The maximum atomic E-state index is 11.3. The molecule has 0 N–H and O–H groups in total. The Morgan fingerprint density at radius 3 is 2.04 bits per heavy atom. The van der Waals surface area contributed by atoms with E-state index in [0.29, 0.717) is 13.2 Å². The third-order valence-corrected chi connectivity index (χ3v) is 3.86. The van der Waals surface area contributed by atoms with E-state index in [1.54, 1.807) is 6.08 Å². The van der Waals surface area contributed by atoms with Gasteiger partial charge in [0.25, 0.3) is 0 Å². The molecule has 0 saturated heterocycles. The summed E-state index contributed by atoms with van der Waals surface area (Å²) in [5.74, 6) is 0. The molecule has 1 heterocycles. The summed E-state index contributed by atoms with van der Waals surface area (Å²) in [4.78, 5) is 11.3. The summed E-state index contributed by atoms with van der Waals surface area (Å²) in [6.07, 6.45) is 2.59. The van der Waals surface area contributed by atoms with Crippen molar-refractivity contribution in [2.45, 2.75) is 31.5 Å². The Kier molecular flexibility index (Phi) is 5.77. The molecule has 4 nitrogen and oxygen atoms in total. The van der Waals surface area contributed by atoms with Crippen LogP contribution in [0.1, 0.15) is 11.1 Å². The summed E-state index contributed by atoms with van der Waals surface area (Å²) in [7, 11) is 0. The third kappa shape index (κ3) is 4.31. The second-order valence-electron chi connectivity index (χ2n) is 5.59. The first-order valence-corrected chi connectivity index (χ1v) is 7.95. The van der Waals surface area contributed by atoms with Crippen LogP contribution in [0.25, 0.3) is 0 Å². The minimum absolute atomic E-state index is 0.335. The summed E-state index contributed by atoms with van der Waals surface area (Å²) >= 11 is 0. The van der Waals surface area contributed by atoms with Gasteiger partial charge in [0, 0.05) is 0 Å². The molecule has 3 unspecified atom stereocenters. The summed E-state index contributed by atoms with van der Waals surface area (Å²) in [6, 6.07) is 19.7. The Bertz CT molecular complexity index is 654. The lowest BCUT2D eigenvalue weighted by molar-refractivity contribution is -0.145. The Morgan fingerprint density at radius 2 is 1.46 bits per heavy atom. The van der Waals surface area contributed by atoms with Gasteiger partial charge in [-0.15, -0.1) is 0 Å². The van der Waals surface area contributed by atoms with Gasteiger partial charge in [-0.1, -0.05) is 60.7 Å². The van der Waals surface area contributed by atoms with Crippen LogP contribution >= 0.6 is 0 Å². The lowest BCUT2D eigenvalue weighted by atomic mass is 10.1. The number of rotatable bonds is 7. The van der Waals surface area contributed by atoms with Crippen LogP contribution in [0.3, 0.4) is 0 Å². The molecule has 0 amide bonds. The van der Waals surface area contributed by atoms with E-state index in [0.717, 1.165) is 17.4 Å². The Balaban J connectivity index is 1.64. The van der Waals surface area contributed by atoms with Crippen molar-refractivity contribution in [2.75, 3.05) is 0 Å². The van der Waals surface area contributed by atoms with E-state index in [1.165, 1.54) is 6.26 Å². The van der Waals surface area contributed by atoms with E-state index in [2.05, 4.69) is 0 Å². The van der Waals surface area contributed by atoms with Gasteiger partial charge in [-0.3, -0.25) is 4.79 Å².